The normalized spacial score (nSPS) is 13.1. The van der Waals surface area contributed by atoms with E-state index in [0.717, 1.165) is 31.2 Å². The van der Waals surface area contributed by atoms with Crippen LogP contribution in [0.3, 0.4) is 0 Å². The Morgan fingerprint density at radius 1 is 1.19 bits per heavy atom. The Kier molecular flexibility index (Phi) is 7.06. The number of carbonyl (C=O) groups is 2. The number of furan rings is 2. The fourth-order valence-electron chi connectivity index (χ4n) is 4.19. The van der Waals surface area contributed by atoms with Gasteiger partial charge in [0.15, 0.2) is 0 Å². The van der Waals surface area contributed by atoms with Gasteiger partial charge < -0.3 is 18.9 Å². The second-order valence-corrected chi connectivity index (χ2v) is 9.79. The van der Waals surface area contributed by atoms with Crippen molar-refractivity contribution in [3.63, 3.8) is 0 Å². The molecule has 1 aromatic carbocycles. The summed E-state index contributed by atoms with van der Waals surface area (Å²) in [5, 5.41) is 3.92. The van der Waals surface area contributed by atoms with E-state index in [1.807, 2.05) is 6.07 Å². The van der Waals surface area contributed by atoms with Gasteiger partial charge in [-0.2, -0.15) is 0 Å². The summed E-state index contributed by atoms with van der Waals surface area (Å²) in [7, 11) is 1.31. The van der Waals surface area contributed by atoms with Gasteiger partial charge in [-0.15, -0.1) is 11.3 Å². The number of aliphatic imine (C=N–C) groups is 1. The minimum atomic E-state index is -0.519. The van der Waals surface area contributed by atoms with Crippen molar-refractivity contribution >= 4 is 46.0 Å². The molecule has 0 saturated carbocycles. The lowest BCUT2D eigenvalue weighted by Gasteiger charge is -2.12. The van der Waals surface area contributed by atoms with E-state index in [2.05, 4.69) is 10.3 Å². The van der Waals surface area contributed by atoms with Crippen molar-refractivity contribution in [3.8, 4) is 11.3 Å². The van der Waals surface area contributed by atoms with Crippen molar-refractivity contribution in [2.45, 2.75) is 32.2 Å². The summed E-state index contributed by atoms with van der Waals surface area (Å²) in [6.07, 6.45) is 7.19. The highest BCUT2D eigenvalue weighted by molar-refractivity contribution is 7.16. The largest absolute Gasteiger partial charge is 0.467 e. The van der Waals surface area contributed by atoms with E-state index < -0.39 is 5.97 Å². The minimum Gasteiger partial charge on any atom is -0.467 e. The number of esters is 1. The van der Waals surface area contributed by atoms with E-state index in [1.54, 1.807) is 60.2 Å². The molecule has 0 fully saturated rings. The maximum absolute atomic E-state index is 13.1. The molecule has 1 amide bonds. The number of carbonyl (C=O) groups excluding carboxylic acids is 2. The van der Waals surface area contributed by atoms with Crippen LogP contribution in [0.15, 0.2) is 62.6 Å². The highest BCUT2D eigenvalue weighted by Crippen LogP contribution is 2.40. The molecular weight excluding hydrogens is 500 g/mol. The zero-order valence-corrected chi connectivity index (χ0v) is 21.1. The van der Waals surface area contributed by atoms with Crippen LogP contribution in [0.2, 0.25) is 5.02 Å². The van der Waals surface area contributed by atoms with Crippen LogP contribution in [0.4, 0.5) is 5.00 Å². The van der Waals surface area contributed by atoms with Crippen LogP contribution in [0.25, 0.3) is 11.3 Å². The Hall–Kier alpha value is -3.62. The average Bonchev–Trinajstić information content (AvgIpc) is 3.65. The molecule has 0 spiro atoms. The predicted octanol–water partition coefficient (Wildman–Crippen LogP) is 6.60. The van der Waals surface area contributed by atoms with E-state index in [0.29, 0.717) is 45.0 Å². The van der Waals surface area contributed by atoms with Gasteiger partial charge in [0, 0.05) is 10.4 Å². The maximum Gasteiger partial charge on any atom is 0.339 e. The molecule has 36 heavy (non-hydrogen) atoms. The fraction of sp³-hybridized carbons (Fsp3) is 0.222. The molecule has 1 aliphatic carbocycles. The molecular formula is C27H23ClN2O5S. The number of hydrogen-bond acceptors (Lipinski definition) is 7. The Balaban J connectivity index is 1.39. The number of fused-ring (bicyclic) bond motifs is 1. The Morgan fingerprint density at radius 2 is 2.06 bits per heavy atom. The van der Waals surface area contributed by atoms with Crippen molar-refractivity contribution in [2.75, 3.05) is 7.11 Å². The lowest BCUT2D eigenvalue weighted by molar-refractivity contribution is 0.0601. The van der Waals surface area contributed by atoms with Crippen molar-refractivity contribution in [2.24, 2.45) is 4.99 Å². The van der Waals surface area contributed by atoms with Gasteiger partial charge in [-0.05, 0) is 73.7 Å². The van der Waals surface area contributed by atoms with Gasteiger partial charge in [0.2, 0.25) is 0 Å². The lowest BCUT2D eigenvalue weighted by atomic mass is 9.95. The summed E-state index contributed by atoms with van der Waals surface area (Å²) >= 11 is 7.68. The molecule has 0 bridgehead atoms. The lowest BCUT2D eigenvalue weighted by Crippen LogP contribution is -2.23. The summed E-state index contributed by atoms with van der Waals surface area (Å²) in [4.78, 5) is 31.0. The van der Waals surface area contributed by atoms with Crippen LogP contribution in [0, 0.1) is 0 Å². The number of halogens is 1. The number of ether oxygens (including phenoxy) is 1. The van der Waals surface area contributed by atoms with E-state index in [1.165, 1.54) is 12.0 Å². The van der Waals surface area contributed by atoms with E-state index >= 15 is 0 Å². The molecule has 5 rings (SSSR count). The highest BCUT2D eigenvalue weighted by Gasteiger charge is 2.25. The van der Waals surface area contributed by atoms with Crippen molar-refractivity contribution < 1.29 is 23.2 Å². The smallest absolute Gasteiger partial charge is 0.339 e. The summed E-state index contributed by atoms with van der Waals surface area (Å²) in [5.41, 5.74) is 2.67. The first-order valence-electron chi connectivity index (χ1n) is 11.5. The topological polar surface area (TPSA) is 94.0 Å². The molecule has 3 aromatic heterocycles. The minimum absolute atomic E-state index is 0.158. The number of rotatable bonds is 7. The summed E-state index contributed by atoms with van der Waals surface area (Å²) < 4.78 is 16.1. The predicted molar refractivity (Wildman–Crippen MR) is 139 cm³/mol. The summed E-state index contributed by atoms with van der Waals surface area (Å²) in [6.45, 7) is 0.315. The van der Waals surface area contributed by atoms with E-state index in [-0.39, 0.29) is 11.5 Å². The first-order valence-corrected chi connectivity index (χ1v) is 12.7. The van der Waals surface area contributed by atoms with E-state index in [9.17, 15) is 9.59 Å². The van der Waals surface area contributed by atoms with Crippen LogP contribution >= 0.6 is 22.9 Å². The third kappa shape index (κ3) is 5.01. The van der Waals surface area contributed by atoms with Gasteiger partial charge in [-0.3, -0.25) is 4.79 Å². The Bertz CT molecular complexity index is 1430. The number of thiophene rings is 1. The number of nitrogens with zero attached hydrogens (tertiary/aromatic N) is 1. The summed E-state index contributed by atoms with van der Waals surface area (Å²) in [6, 6.07) is 12.2. The average molecular weight is 523 g/mol. The first kappa shape index (κ1) is 24.1. The van der Waals surface area contributed by atoms with Crippen molar-refractivity contribution in [1.29, 1.82) is 0 Å². The second-order valence-electron chi connectivity index (χ2n) is 8.30. The third-order valence-electron chi connectivity index (χ3n) is 5.98. The zero-order chi connectivity index (χ0) is 25.1. The molecule has 0 atom stereocenters. The fourth-order valence-corrected chi connectivity index (χ4v) is 5.62. The number of hydrogen-bond donors (Lipinski definition) is 1. The van der Waals surface area contributed by atoms with Crippen LogP contribution in [-0.2, 0) is 24.1 Å². The van der Waals surface area contributed by atoms with Gasteiger partial charge in [-0.1, -0.05) is 11.6 Å². The standard InChI is InChI=1S/C27H23ClN2O5S/c1-33-27(32)20-13-16(8-10-21(20)28)22-11-9-18(35-22)15-30-26-24(19-6-2-3-7-23(19)36-26)25(31)29-14-17-5-4-12-34-17/h4-5,8-13,15H,2-3,6-7,14H2,1H3,(H,29,31). The van der Waals surface area contributed by atoms with Gasteiger partial charge in [0.05, 0.1) is 42.3 Å². The molecule has 1 aliphatic rings. The van der Waals surface area contributed by atoms with Crippen LogP contribution in [-0.4, -0.2) is 25.2 Å². The molecule has 0 radical (unpaired) electrons. The number of benzene rings is 1. The number of aryl methyl sites for hydroxylation is 1. The molecule has 7 nitrogen and oxygen atoms in total. The van der Waals surface area contributed by atoms with Crippen LogP contribution in [0.1, 0.15) is 55.5 Å². The Morgan fingerprint density at radius 3 is 2.86 bits per heavy atom. The SMILES string of the molecule is COC(=O)c1cc(-c2ccc(C=Nc3sc4c(c3C(=O)NCc3ccco3)CCCC4)o2)ccc1Cl. The molecule has 3 heterocycles. The molecule has 4 aromatic rings. The van der Waals surface area contributed by atoms with Crippen LogP contribution < -0.4 is 5.32 Å². The van der Waals surface area contributed by atoms with E-state index in [4.69, 9.17) is 25.2 Å². The molecule has 1 N–H and O–H groups in total. The number of nitrogens with one attached hydrogen (secondary N) is 1. The molecule has 0 unspecified atom stereocenters. The molecule has 0 aliphatic heterocycles. The highest BCUT2D eigenvalue weighted by atomic mass is 35.5. The molecule has 9 heteroatoms. The first-order chi connectivity index (χ1) is 17.5. The van der Waals surface area contributed by atoms with Crippen molar-refractivity contribution in [1.82, 2.24) is 5.32 Å². The Labute approximate surface area is 216 Å². The number of methoxy groups -OCH3 is 1. The monoisotopic (exact) mass is 522 g/mol. The van der Waals surface area contributed by atoms with Gasteiger partial charge in [0.25, 0.3) is 5.91 Å². The van der Waals surface area contributed by atoms with Crippen LogP contribution in [0.5, 0.6) is 0 Å². The second kappa shape index (κ2) is 10.6. The maximum atomic E-state index is 13.1. The van der Waals surface area contributed by atoms with Gasteiger partial charge >= 0.3 is 5.97 Å². The summed E-state index contributed by atoms with van der Waals surface area (Å²) in [5.74, 6) is 1.09. The third-order valence-corrected chi connectivity index (χ3v) is 7.50. The molecule has 0 saturated heterocycles. The zero-order valence-electron chi connectivity index (χ0n) is 19.5. The molecule has 184 valence electrons. The quantitative estimate of drug-likeness (QED) is 0.218. The van der Waals surface area contributed by atoms with Crippen molar-refractivity contribution in [3.05, 3.63) is 86.8 Å². The van der Waals surface area contributed by atoms with Gasteiger partial charge in [-0.25, -0.2) is 9.79 Å². The van der Waals surface area contributed by atoms with Gasteiger partial charge in [0.1, 0.15) is 22.3 Å². The number of amides is 1.